The highest BCUT2D eigenvalue weighted by molar-refractivity contribution is 5.11. The van der Waals surface area contributed by atoms with Gasteiger partial charge in [-0.1, -0.05) is 27.2 Å². The quantitative estimate of drug-likeness (QED) is 0.608. The Bertz CT molecular complexity index is 202. The third-order valence-corrected chi connectivity index (χ3v) is 3.24. The molecule has 1 aliphatic rings. The maximum Gasteiger partial charge on any atom is 0.269 e. The van der Waals surface area contributed by atoms with Crippen molar-refractivity contribution in [1.82, 2.24) is 0 Å². The zero-order valence-corrected chi connectivity index (χ0v) is 8.61. The summed E-state index contributed by atoms with van der Waals surface area (Å²) in [5.74, 6) is 1.49. The molecule has 0 spiro atoms. The smallest absolute Gasteiger partial charge is 0.173 e. The predicted octanol–water partition coefficient (Wildman–Crippen LogP) is 4.23. The molecule has 1 rings (SSSR count). The largest absolute Gasteiger partial charge is 0.269 e. The summed E-state index contributed by atoms with van der Waals surface area (Å²) in [6, 6.07) is 0. The Balaban J connectivity index is 2.73. The highest BCUT2D eigenvalue weighted by atomic mass is 19.3. The Morgan fingerprint density at radius 2 is 2.00 bits per heavy atom. The lowest BCUT2D eigenvalue weighted by molar-refractivity contribution is 0.289. The third kappa shape index (κ3) is 2.29. The zero-order valence-electron chi connectivity index (χ0n) is 8.61. The molecule has 0 amide bonds. The molecule has 1 aliphatic carbocycles. The van der Waals surface area contributed by atoms with Crippen LogP contribution in [-0.2, 0) is 0 Å². The SMILES string of the molecule is CCC1CC(=C(F)F)CC1C(C)C. The molecule has 0 radical (unpaired) electrons. The minimum atomic E-state index is -1.43. The Morgan fingerprint density at radius 1 is 1.38 bits per heavy atom. The van der Waals surface area contributed by atoms with Crippen LogP contribution in [0.3, 0.4) is 0 Å². The molecule has 2 atom stereocenters. The van der Waals surface area contributed by atoms with Gasteiger partial charge in [0.2, 0.25) is 0 Å². The minimum Gasteiger partial charge on any atom is -0.173 e. The lowest BCUT2D eigenvalue weighted by Gasteiger charge is -2.20. The molecule has 0 saturated heterocycles. The number of halogens is 2. The highest BCUT2D eigenvalue weighted by Gasteiger charge is 2.33. The third-order valence-electron chi connectivity index (χ3n) is 3.24. The van der Waals surface area contributed by atoms with E-state index in [1.807, 2.05) is 0 Å². The van der Waals surface area contributed by atoms with Gasteiger partial charge in [-0.05, 0) is 36.2 Å². The van der Waals surface area contributed by atoms with E-state index in [1.54, 1.807) is 0 Å². The summed E-state index contributed by atoms with van der Waals surface area (Å²) in [5, 5.41) is 0. The van der Waals surface area contributed by atoms with Gasteiger partial charge in [-0.15, -0.1) is 0 Å². The molecule has 13 heavy (non-hydrogen) atoms. The van der Waals surface area contributed by atoms with Crippen molar-refractivity contribution in [2.45, 2.75) is 40.0 Å². The summed E-state index contributed by atoms with van der Waals surface area (Å²) < 4.78 is 24.7. The molecular formula is C11H18F2. The Labute approximate surface area is 79.0 Å². The van der Waals surface area contributed by atoms with Crippen molar-refractivity contribution in [3.8, 4) is 0 Å². The van der Waals surface area contributed by atoms with Gasteiger partial charge in [0.25, 0.3) is 6.08 Å². The van der Waals surface area contributed by atoms with Gasteiger partial charge in [-0.3, -0.25) is 0 Å². The monoisotopic (exact) mass is 188 g/mol. The van der Waals surface area contributed by atoms with Crippen LogP contribution in [0.5, 0.6) is 0 Å². The fourth-order valence-electron chi connectivity index (χ4n) is 2.38. The fourth-order valence-corrected chi connectivity index (χ4v) is 2.38. The normalized spacial score (nSPS) is 28.6. The van der Waals surface area contributed by atoms with Crippen LogP contribution >= 0.6 is 0 Å². The second kappa shape index (κ2) is 4.21. The van der Waals surface area contributed by atoms with Crippen LogP contribution in [0.4, 0.5) is 8.78 Å². The lowest BCUT2D eigenvalue weighted by Crippen LogP contribution is -2.12. The van der Waals surface area contributed by atoms with E-state index in [0.717, 1.165) is 6.42 Å². The van der Waals surface area contributed by atoms with Gasteiger partial charge in [0.15, 0.2) is 0 Å². The van der Waals surface area contributed by atoms with Gasteiger partial charge in [-0.2, -0.15) is 8.78 Å². The second-order valence-electron chi connectivity index (χ2n) is 4.35. The maximum absolute atomic E-state index is 12.4. The average Bonchev–Trinajstić information content (AvgIpc) is 2.47. The molecule has 0 aromatic heterocycles. The van der Waals surface area contributed by atoms with Crippen molar-refractivity contribution in [2.75, 3.05) is 0 Å². The standard InChI is InChI=1S/C11H18F2/c1-4-8-5-9(11(12)13)6-10(8)7(2)3/h7-8,10H,4-6H2,1-3H3. The van der Waals surface area contributed by atoms with E-state index >= 15 is 0 Å². The predicted molar refractivity (Wildman–Crippen MR) is 50.6 cm³/mol. The van der Waals surface area contributed by atoms with Gasteiger partial charge in [0.05, 0.1) is 0 Å². The van der Waals surface area contributed by atoms with Crippen LogP contribution in [0, 0.1) is 17.8 Å². The second-order valence-corrected chi connectivity index (χ2v) is 4.35. The van der Waals surface area contributed by atoms with Gasteiger partial charge in [0, 0.05) is 0 Å². The number of allylic oxidation sites excluding steroid dienone is 1. The van der Waals surface area contributed by atoms with Crippen LogP contribution < -0.4 is 0 Å². The Kier molecular flexibility index (Phi) is 3.46. The molecule has 0 nitrogen and oxygen atoms in total. The lowest BCUT2D eigenvalue weighted by atomic mass is 9.85. The Morgan fingerprint density at radius 3 is 2.31 bits per heavy atom. The summed E-state index contributed by atoms with van der Waals surface area (Å²) in [7, 11) is 0. The first-order valence-electron chi connectivity index (χ1n) is 5.09. The van der Waals surface area contributed by atoms with Gasteiger partial charge in [-0.25, -0.2) is 0 Å². The van der Waals surface area contributed by atoms with Crippen molar-refractivity contribution in [2.24, 2.45) is 17.8 Å². The summed E-state index contributed by atoms with van der Waals surface area (Å²) in [5.41, 5.74) is 0.408. The molecule has 1 saturated carbocycles. The van der Waals surface area contributed by atoms with E-state index in [4.69, 9.17) is 0 Å². The van der Waals surface area contributed by atoms with Crippen LogP contribution in [0.1, 0.15) is 40.0 Å². The molecule has 0 aliphatic heterocycles. The molecular weight excluding hydrogens is 170 g/mol. The van der Waals surface area contributed by atoms with E-state index in [0.29, 0.717) is 36.2 Å². The average molecular weight is 188 g/mol. The fraction of sp³-hybridized carbons (Fsp3) is 0.818. The van der Waals surface area contributed by atoms with Crippen molar-refractivity contribution < 1.29 is 8.78 Å². The van der Waals surface area contributed by atoms with Gasteiger partial charge >= 0.3 is 0 Å². The van der Waals surface area contributed by atoms with Gasteiger partial charge < -0.3 is 0 Å². The summed E-state index contributed by atoms with van der Waals surface area (Å²) in [4.78, 5) is 0. The molecule has 0 N–H and O–H groups in total. The molecule has 76 valence electrons. The molecule has 2 unspecified atom stereocenters. The summed E-state index contributed by atoms with van der Waals surface area (Å²) >= 11 is 0. The van der Waals surface area contributed by atoms with Crippen molar-refractivity contribution in [3.63, 3.8) is 0 Å². The van der Waals surface area contributed by atoms with Crippen LogP contribution in [0.15, 0.2) is 11.7 Å². The maximum atomic E-state index is 12.4. The Hall–Kier alpha value is -0.400. The number of hydrogen-bond donors (Lipinski definition) is 0. The molecule has 0 aromatic rings. The first kappa shape index (κ1) is 10.7. The summed E-state index contributed by atoms with van der Waals surface area (Å²) in [6.45, 7) is 6.36. The molecule has 2 heteroatoms. The molecule has 1 fully saturated rings. The topological polar surface area (TPSA) is 0 Å². The number of rotatable bonds is 2. The minimum absolute atomic E-state index is 0.408. The molecule has 0 aromatic carbocycles. The highest BCUT2D eigenvalue weighted by Crippen LogP contribution is 2.43. The molecule has 0 heterocycles. The van der Waals surface area contributed by atoms with E-state index in [9.17, 15) is 8.78 Å². The van der Waals surface area contributed by atoms with Crippen LogP contribution in [0.2, 0.25) is 0 Å². The van der Waals surface area contributed by atoms with E-state index in [-0.39, 0.29) is 0 Å². The van der Waals surface area contributed by atoms with Crippen LogP contribution in [-0.4, -0.2) is 0 Å². The summed E-state index contributed by atoms with van der Waals surface area (Å²) in [6.07, 6.45) is 0.849. The number of hydrogen-bond acceptors (Lipinski definition) is 0. The van der Waals surface area contributed by atoms with E-state index in [2.05, 4.69) is 20.8 Å². The van der Waals surface area contributed by atoms with Crippen LogP contribution in [0.25, 0.3) is 0 Å². The van der Waals surface area contributed by atoms with Crippen molar-refractivity contribution >= 4 is 0 Å². The van der Waals surface area contributed by atoms with Gasteiger partial charge in [0.1, 0.15) is 0 Å². The van der Waals surface area contributed by atoms with Crippen molar-refractivity contribution in [3.05, 3.63) is 11.7 Å². The van der Waals surface area contributed by atoms with E-state index in [1.165, 1.54) is 0 Å². The first-order chi connectivity index (χ1) is 6.06. The molecule has 0 bridgehead atoms. The van der Waals surface area contributed by atoms with E-state index < -0.39 is 6.08 Å². The first-order valence-corrected chi connectivity index (χ1v) is 5.09. The van der Waals surface area contributed by atoms with Crippen molar-refractivity contribution in [1.29, 1.82) is 0 Å². The zero-order chi connectivity index (χ0) is 10.0.